The van der Waals surface area contributed by atoms with Crippen LogP contribution in [0.3, 0.4) is 0 Å². The number of benzene rings is 1. The third-order valence-electron chi connectivity index (χ3n) is 5.93. The van der Waals surface area contributed by atoms with Gasteiger partial charge in [-0.2, -0.15) is 0 Å². The molecule has 2 aliphatic heterocycles. The van der Waals surface area contributed by atoms with E-state index in [0.717, 1.165) is 55.9 Å². The molecule has 1 atom stereocenters. The van der Waals surface area contributed by atoms with E-state index in [9.17, 15) is 9.59 Å². The van der Waals surface area contributed by atoms with Gasteiger partial charge in [0, 0.05) is 43.8 Å². The molecule has 27 heavy (non-hydrogen) atoms. The van der Waals surface area contributed by atoms with Gasteiger partial charge < -0.3 is 10.6 Å². The normalized spacial score (nSPS) is 24.9. The fourth-order valence-corrected chi connectivity index (χ4v) is 4.75. The predicted molar refractivity (Wildman–Crippen MR) is 107 cm³/mol. The lowest BCUT2D eigenvalue weighted by molar-refractivity contribution is -0.131. The highest BCUT2D eigenvalue weighted by molar-refractivity contribution is 6.31. The van der Waals surface area contributed by atoms with Crippen LogP contribution in [0.1, 0.15) is 37.3 Å². The summed E-state index contributed by atoms with van der Waals surface area (Å²) < 4.78 is 0. The molecule has 1 saturated carbocycles. The van der Waals surface area contributed by atoms with Crippen molar-refractivity contribution >= 4 is 35.9 Å². The maximum atomic E-state index is 12.8. The Morgan fingerprint density at radius 2 is 1.89 bits per heavy atom. The molecule has 2 heterocycles. The molecule has 3 fully saturated rings. The Hall–Kier alpha value is -1.34. The Balaban J connectivity index is 0.00000210. The van der Waals surface area contributed by atoms with Crippen LogP contribution in [0.15, 0.2) is 24.3 Å². The number of urea groups is 1. The molecular formula is C19H26Cl2N4O2. The SMILES string of the molecule is Cl.O=C1NC2(CCCC2)C(=O)N1CCN1CCNCC1c1ccccc1Cl. The van der Waals surface area contributed by atoms with E-state index in [-0.39, 0.29) is 30.4 Å². The van der Waals surface area contributed by atoms with E-state index in [1.165, 1.54) is 4.90 Å². The van der Waals surface area contributed by atoms with Crippen molar-refractivity contribution < 1.29 is 9.59 Å². The Labute approximate surface area is 171 Å². The van der Waals surface area contributed by atoms with Crippen molar-refractivity contribution in [2.75, 3.05) is 32.7 Å². The van der Waals surface area contributed by atoms with Gasteiger partial charge in [-0.1, -0.05) is 42.6 Å². The summed E-state index contributed by atoms with van der Waals surface area (Å²) >= 11 is 6.40. The number of hydrogen-bond acceptors (Lipinski definition) is 4. The molecule has 1 spiro atoms. The Morgan fingerprint density at radius 3 is 2.63 bits per heavy atom. The quantitative estimate of drug-likeness (QED) is 0.745. The molecule has 2 N–H and O–H groups in total. The van der Waals surface area contributed by atoms with Gasteiger partial charge in [0.1, 0.15) is 5.54 Å². The second-order valence-electron chi connectivity index (χ2n) is 7.45. The highest BCUT2D eigenvalue weighted by atomic mass is 35.5. The summed E-state index contributed by atoms with van der Waals surface area (Å²) in [6.45, 7) is 3.66. The van der Waals surface area contributed by atoms with Crippen LogP contribution in [0, 0.1) is 0 Å². The number of rotatable bonds is 4. The van der Waals surface area contributed by atoms with Crippen molar-refractivity contribution in [2.45, 2.75) is 37.3 Å². The lowest BCUT2D eigenvalue weighted by Gasteiger charge is -2.37. The number of piperazine rings is 1. The minimum atomic E-state index is -0.622. The van der Waals surface area contributed by atoms with Crippen molar-refractivity contribution in [2.24, 2.45) is 0 Å². The van der Waals surface area contributed by atoms with Crippen molar-refractivity contribution in [1.29, 1.82) is 0 Å². The minimum Gasteiger partial charge on any atom is -0.323 e. The van der Waals surface area contributed by atoms with E-state index >= 15 is 0 Å². The van der Waals surface area contributed by atoms with Crippen LogP contribution in [-0.2, 0) is 4.79 Å². The molecule has 1 aliphatic carbocycles. The largest absolute Gasteiger partial charge is 0.325 e. The molecule has 3 aliphatic rings. The second kappa shape index (κ2) is 8.35. The monoisotopic (exact) mass is 412 g/mol. The molecule has 1 aromatic carbocycles. The summed E-state index contributed by atoms with van der Waals surface area (Å²) in [5.41, 5.74) is 0.466. The summed E-state index contributed by atoms with van der Waals surface area (Å²) in [6, 6.07) is 7.80. The van der Waals surface area contributed by atoms with Gasteiger partial charge in [0.05, 0.1) is 0 Å². The molecule has 6 nitrogen and oxygen atoms in total. The minimum absolute atomic E-state index is 0. The zero-order chi connectivity index (χ0) is 18.1. The highest BCUT2D eigenvalue weighted by Gasteiger charge is 2.52. The summed E-state index contributed by atoms with van der Waals surface area (Å²) in [5, 5.41) is 7.13. The van der Waals surface area contributed by atoms with Gasteiger partial charge in [-0.3, -0.25) is 14.6 Å². The van der Waals surface area contributed by atoms with Gasteiger partial charge in [-0.15, -0.1) is 12.4 Å². The average Bonchev–Trinajstić information content (AvgIpc) is 3.20. The standard InChI is InChI=1S/C19H25ClN4O2.ClH/c20-15-6-2-1-5-14(15)16-13-21-9-10-23(16)11-12-24-17(25)19(22-18(24)26)7-3-4-8-19;/h1-2,5-6,16,21H,3-4,7-13H2,(H,22,26);1H. The lowest BCUT2D eigenvalue weighted by atomic mass is 9.98. The molecule has 148 valence electrons. The van der Waals surface area contributed by atoms with Gasteiger partial charge in [0.15, 0.2) is 0 Å². The number of hydrogen-bond donors (Lipinski definition) is 2. The first-order valence-corrected chi connectivity index (χ1v) is 9.82. The summed E-state index contributed by atoms with van der Waals surface area (Å²) in [7, 11) is 0. The predicted octanol–water partition coefficient (Wildman–Crippen LogP) is 2.57. The van der Waals surface area contributed by atoms with E-state index in [2.05, 4.69) is 15.5 Å². The van der Waals surface area contributed by atoms with Crippen molar-refractivity contribution in [3.8, 4) is 0 Å². The number of halogens is 2. The van der Waals surface area contributed by atoms with Crippen LogP contribution in [0.2, 0.25) is 5.02 Å². The van der Waals surface area contributed by atoms with Gasteiger partial charge >= 0.3 is 6.03 Å². The molecule has 8 heteroatoms. The van der Waals surface area contributed by atoms with Gasteiger partial charge in [-0.25, -0.2) is 4.79 Å². The Bertz CT molecular complexity index is 709. The maximum Gasteiger partial charge on any atom is 0.325 e. The number of nitrogens with one attached hydrogen (secondary N) is 2. The number of carbonyl (C=O) groups is 2. The van der Waals surface area contributed by atoms with Gasteiger partial charge in [-0.05, 0) is 24.5 Å². The van der Waals surface area contributed by atoms with E-state index in [4.69, 9.17) is 11.6 Å². The molecule has 0 aromatic heterocycles. The van der Waals surface area contributed by atoms with Crippen LogP contribution < -0.4 is 10.6 Å². The first-order chi connectivity index (χ1) is 12.6. The van der Waals surface area contributed by atoms with E-state index in [1.54, 1.807) is 0 Å². The summed E-state index contributed by atoms with van der Waals surface area (Å²) in [6.07, 6.45) is 3.55. The van der Waals surface area contributed by atoms with Crippen LogP contribution in [0.4, 0.5) is 4.79 Å². The van der Waals surface area contributed by atoms with Crippen LogP contribution in [0.25, 0.3) is 0 Å². The van der Waals surface area contributed by atoms with Crippen LogP contribution >= 0.6 is 24.0 Å². The molecule has 3 amide bonds. The van der Waals surface area contributed by atoms with Crippen molar-refractivity contribution in [3.05, 3.63) is 34.9 Å². The molecule has 0 bridgehead atoms. The molecular weight excluding hydrogens is 387 g/mol. The molecule has 1 aromatic rings. The lowest BCUT2D eigenvalue weighted by Crippen LogP contribution is -2.49. The zero-order valence-electron chi connectivity index (χ0n) is 15.2. The smallest absolute Gasteiger partial charge is 0.323 e. The summed E-state index contributed by atoms with van der Waals surface area (Å²) in [4.78, 5) is 28.9. The highest BCUT2D eigenvalue weighted by Crippen LogP contribution is 2.35. The number of amides is 3. The van der Waals surface area contributed by atoms with E-state index in [0.29, 0.717) is 13.1 Å². The first kappa shape index (κ1) is 20.4. The van der Waals surface area contributed by atoms with Gasteiger partial charge in [0.2, 0.25) is 0 Å². The van der Waals surface area contributed by atoms with Crippen molar-refractivity contribution in [3.63, 3.8) is 0 Å². The average molecular weight is 413 g/mol. The Kier molecular flexibility index (Phi) is 6.31. The number of nitrogens with zero attached hydrogens (tertiary/aromatic N) is 2. The topological polar surface area (TPSA) is 64.7 Å². The fraction of sp³-hybridized carbons (Fsp3) is 0.579. The summed E-state index contributed by atoms with van der Waals surface area (Å²) in [5.74, 6) is -0.0376. The number of carbonyl (C=O) groups excluding carboxylic acids is 2. The number of imide groups is 1. The molecule has 1 unspecified atom stereocenters. The third kappa shape index (κ3) is 3.81. The second-order valence-corrected chi connectivity index (χ2v) is 7.86. The third-order valence-corrected chi connectivity index (χ3v) is 6.28. The van der Waals surface area contributed by atoms with Crippen molar-refractivity contribution in [1.82, 2.24) is 20.4 Å². The molecule has 2 saturated heterocycles. The molecule has 4 rings (SSSR count). The Morgan fingerprint density at radius 1 is 1.15 bits per heavy atom. The van der Waals surface area contributed by atoms with E-state index in [1.807, 2.05) is 24.3 Å². The zero-order valence-corrected chi connectivity index (χ0v) is 16.8. The van der Waals surface area contributed by atoms with E-state index < -0.39 is 5.54 Å². The first-order valence-electron chi connectivity index (χ1n) is 9.44. The van der Waals surface area contributed by atoms with Crippen LogP contribution in [0.5, 0.6) is 0 Å². The fourth-order valence-electron chi connectivity index (χ4n) is 4.49. The van der Waals surface area contributed by atoms with Crippen LogP contribution in [-0.4, -0.2) is 60.0 Å². The molecule has 0 radical (unpaired) electrons. The maximum absolute atomic E-state index is 12.8. The van der Waals surface area contributed by atoms with Gasteiger partial charge in [0.25, 0.3) is 5.91 Å².